The Kier molecular flexibility index (Phi) is 4.82. The average Bonchev–Trinajstić information content (AvgIpc) is 2.95. The van der Waals surface area contributed by atoms with Gasteiger partial charge in [-0.15, -0.1) is 4.99 Å². The Bertz CT molecular complexity index is 846. The van der Waals surface area contributed by atoms with E-state index < -0.39 is 12.1 Å². The number of rotatable bonds is 3. The minimum atomic E-state index is -0.740. The van der Waals surface area contributed by atoms with E-state index in [-0.39, 0.29) is 17.6 Å². The molecule has 1 aromatic rings. The van der Waals surface area contributed by atoms with E-state index in [9.17, 15) is 14.4 Å². The van der Waals surface area contributed by atoms with Crippen LogP contribution < -0.4 is 5.32 Å². The average molecular weight is 374 g/mol. The van der Waals surface area contributed by atoms with Gasteiger partial charge in [0.15, 0.2) is 0 Å². The molecule has 2 aliphatic heterocycles. The lowest BCUT2D eigenvalue weighted by molar-refractivity contribution is -0.367. The van der Waals surface area contributed by atoms with Crippen molar-refractivity contribution in [1.82, 2.24) is 9.80 Å². The number of anilines is 1. The molecule has 0 aromatic heterocycles. The fourth-order valence-corrected chi connectivity index (χ4v) is 3.61. The van der Waals surface area contributed by atoms with Gasteiger partial charge in [-0.3, -0.25) is 14.5 Å². The highest BCUT2D eigenvalue weighted by atomic mass is 32.2. The van der Waals surface area contributed by atoms with Gasteiger partial charge in [-0.05, 0) is 30.8 Å². The van der Waals surface area contributed by atoms with Crippen molar-refractivity contribution in [2.24, 2.45) is 4.99 Å². The molecule has 9 heteroatoms. The van der Waals surface area contributed by atoms with Crippen LogP contribution in [0.3, 0.4) is 0 Å². The second-order valence-electron chi connectivity index (χ2n) is 6.17. The summed E-state index contributed by atoms with van der Waals surface area (Å²) in [5.74, 6) is 0.135. The van der Waals surface area contributed by atoms with E-state index in [0.717, 1.165) is 16.2 Å². The van der Waals surface area contributed by atoms with Crippen LogP contribution in [0.1, 0.15) is 5.56 Å². The highest BCUT2D eigenvalue weighted by Gasteiger charge is 2.51. The van der Waals surface area contributed by atoms with Crippen molar-refractivity contribution in [1.29, 1.82) is 0 Å². The predicted octanol–water partition coefficient (Wildman–Crippen LogP) is 0.970. The van der Waals surface area contributed by atoms with Gasteiger partial charge in [0.2, 0.25) is 5.91 Å². The van der Waals surface area contributed by atoms with Crippen LogP contribution in [-0.2, 0) is 9.59 Å². The van der Waals surface area contributed by atoms with Gasteiger partial charge >= 0.3 is 6.03 Å². The van der Waals surface area contributed by atoms with E-state index in [4.69, 9.17) is 0 Å². The summed E-state index contributed by atoms with van der Waals surface area (Å²) in [6.45, 7) is 1.98. The van der Waals surface area contributed by atoms with Crippen molar-refractivity contribution < 1.29 is 19.0 Å². The smallest absolute Gasteiger partial charge is 0.325 e. The molecule has 0 radical (unpaired) electrons. The summed E-state index contributed by atoms with van der Waals surface area (Å²) < 4.78 is 1.69. The molecule has 136 valence electrons. The van der Waals surface area contributed by atoms with Crippen LogP contribution in [0.2, 0.25) is 0 Å². The highest BCUT2D eigenvalue weighted by Crippen LogP contribution is 2.22. The fraction of sp³-hybridized carbons (Fsp3) is 0.353. The summed E-state index contributed by atoms with van der Waals surface area (Å²) in [6.07, 6.45) is 0. The largest absolute Gasteiger partial charge is 0.388 e. The van der Waals surface area contributed by atoms with E-state index in [0.29, 0.717) is 11.0 Å². The number of aliphatic imine (C=N–C) groups is 1. The SMILES string of the molecule is Cc1ccc(NC(=O)CSC2=NC3C(=O)N(C)C(=O)N(C)C3=[N+]2C)cc1. The second-order valence-corrected chi connectivity index (χ2v) is 7.12. The maximum atomic E-state index is 12.3. The Morgan fingerprint density at radius 2 is 1.88 bits per heavy atom. The Hall–Kier alpha value is -2.68. The van der Waals surface area contributed by atoms with Crippen LogP contribution in [0, 0.1) is 6.92 Å². The van der Waals surface area contributed by atoms with Crippen molar-refractivity contribution >= 4 is 46.3 Å². The Balaban J connectivity index is 1.68. The van der Waals surface area contributed by atoms with Gasteiger partial charge in [0.25, 0.3) is 23.0 Å². The number of aryl methyl sites for hydroxylation is 1. The molecule has 2 aliphatic rings. The first-order valence-electron chi connectivity index (χ1n) is 8.02. The Labute approximate surface area is 155 Å². The summed E-state index contributed by atoms with van der Waals surface area (Å²) in [5.41, 5.74) is 1.85. The Morgan fingerprint density at radius 1 is 1.23 bits per heavy atom. The molecule has 26 heavy (non-hydrogen) atoms. The predicted molar refractivity (Wildman–Crippen MR) is 101 cm³/mol. The number of carbonyl (C=O) groups excluding carboxylic acids is 3. The number of thioether (sulfide) groups is 1. The summed E-state index contributed by atoms with van der Waals surface area (Å²) in [6, 6.07) is 6.40. The van der Waals surface area contributed by atoms with Gasteiger partial charge in [0.1, 0.15) is 0 Å². The first-order chi connectivity index (χ1) is 12.3. The zero-order valence-electron chi connectivity index (χ0n) is 15.0. The molecular formula is C17H20N5O3S+. The number of hydrogen-bond donors (Lipinski definition) is 1. The maximum Gasteiger partial charge on any atom is 0.388 e. The van der Waals surface area contributed by atoms with Crippen LogP contribution in [0.4, 0.5) is 10.5 Å². The molecule has 1 aromatic carbocycles. The minimum absolute atomic E-state index is 0.152. The third-order valence-corrected chi connectivity index (χ3v) is 5.31. The third kappa shape index (κ3) is 3.22. The number of likely N-dealkylation sites (N-methyl/N-ethyl adjacent to an activating group) is 2. The monoisotopic (exact) mass is 374 g/mol. The molecule has 3 rings (SSSR count). The van der Waals surface area contributed by atoms with Crippen molar-refractivity contribution in [2.45, 2.75) is 13.0 Å². The quantitative estimate of drug-likeness (QED) is 0.799. The first-order valence-corrected chi connectivity index (χ1v) is 9.01. The molecule has 1 N–H and O–H groups in total. The van der Waals surface area contributed by atoms with E-state index in [2.05, 4.69) is 10.3 Å². The standard InChI is InChI=1S/C17H19N5O3S/c1-10-5-7-11(8-6-10)18-12(23)9-26-16-19-13-14(20(16)2)21(3)17(25)22(4)15(13)24/h5-8,13H,9H2,1-4H3/p+1. The number of amidine groups is 2. The van der Waals surface area contributed by atoms with E-state index >= 15 is 0 Å². The third-order valence-electron chi connectivity index (χ3n) is 4.26. The molecule has 0 spiro atoms. The topological polar surface area (TPSA) is 85.1 Å². The van der Waals surface area contributed by atoms with Crippen molar-refractivity contribution in [3.8, 4) is 0 Å². The zero-order valence-corrected chi connectivity index (χ0v) is 15.8. The van der Waals surface area contributed by atoms with Crippen molar-refractivity contribution in [3.05, 3.63) is 29.8 Å². The molecule has 8 nitrogen and oxygen atoms in total. The molecular weight excluding hydrogens is 354 g/mol. The van der Waals surface area contributed by atoms with Gasteiger partial charge in [-0.2, -0.15) is 0 Å². The molecule has 0 bridgehead atoms. The van der Waals surface area contributed by atoms with E-state index in [1.165, 1.54) is 23.7 Å². The number of fused-ring (bicyclic) bond motifs is 1. The number of nitrogens with one attached hydrogen (secondary N) is 1. The van der Waals surface area contributed by atoms with Gasteiger partial charge in [-0.1, -0.05) is 17.7 Å². The number of benzene rings is 1. The molecule has 0 aliphatic carbocycles. The van der Waals surface area contributed by atoms with Crippen LogP contribution in [0.25, 0.3) is 0 Å². The summed E-state index contributed by atoms with van der Waals surface area (Å²) in [4.78, 5) is 43.4. The number of hydrogen-bond acceptors (Lipinski definition) is 5. The fourth-order valence-electron chi connectivity index (χ4n) is 2.81. The van der Waals surface area contributed by atoms with Crippen molar-refractivity contribution in [2.75, 3.05) is 32.2 Å². The minimum Gasteiger partial charge on any atom is -0.325 e. The van der Waals surface area contributed by atoms with Gasteiger partial charge < -0.3 is 5.32 Å². The molecule has 1 saturated heterocycles. The van der Waals surface area contributed by atoms with Gasteiger partial charge in [0.05, 0.1) is 19.8 Å². The van der Waals surface area contributed by atoms with Gasteiger partial charge in [-0.25, -0.2) is 14.3 Å². The number of urea groups is 1. The summed E-state index contributed by atoms with van der Waals surface area (Å²) in [5, 5.41) is 3.36. The van der Waals surface area contributed by atoms with Crippen molar-refractivity contribution in [3.63, 3.8) is 0 Å². The highest BCUT2D eigenvalue weighted by molar-refractivity contribution is 8.14. The molecule has 1 unspecified atom stereocenters. The number of imide groups is 1. The van der Waals surface area contributed by atoms with Crippen LogP contribution in [0.15, 0.2) is 29.3 Å². The first kappa shape index (κ1) is 18.1. The van der Waals surface area contributed by atoms with E-state index in [1.807, 2.05) is 31.2 Å². The van der Waals surface area contributed by atoms with Crippen LogP contribution >= 0.6 is 11.8 Å². The second kappa shape index (κ2) is 6.91. The molecule has 1 atom stereocenters. The molecule has 4 amide bonds. The summed E-state index contributed by atoms with van der Waals surface area (Å²) in [7, 11) is 4.78. The summed E-state index contributed by atoms with van der Waals surface area (Å²) >= 11 is 1.23. The number of nitrogens with zero attached hydrogens (tertiary/aromatic N) is 4. The van der Waals surface area contributed by atoms with Gasteiger partial charge in [0, 0.05) is 12.7 Å². The molecule has 2 heterocycles. The Morgan fingerprint density at radius 3 is 2.54 bits per heavy atom. The number of carbonyl (C=O) groups is 3. The zero-order chi connectivity index (χ0) is 19.0. The molecule has 1 fully saturated rings. The van der Waals surface area contributed by atoms with E-state index in [1.54, 1.807) is 18.7 Å². The number of amides is 4. The molecule has 0 saturated carbocycles. The normalized spacial score (nSPS) is 19.7. The van der Waals surface area contributed by atoms with Crippen LogP contribution in [0.5, 0.6) is 0 Å². The lowest BCUT2D eigenvalue weighted by Gasteiger charge is -2.27. The lowest BCUT2D eigenvalue weighted by Crippen LogP contribution is -2.59. The lowest BCUT2D eigenvalue weighted by atomic mass is 10.2. The maximum absolute atomic E-state index is 12.3. The van der Waals surface area contributed by atoms with Crippen LogP contribution in [-0.4, -0.2) is 76.2 Å².